The van der Waals surface area contributed by atoms with Gasteiger partial charge in [-0.05, 0) is 24.6 Å². The van der Waals surface area contributed by atoms with E-state index in [1.807, 2.05) is 45.0 Å². The van der Waals surface area contributed by atoms with Crippen molar-refractivity contribution in [2.75, 3.05) is 18.5 Å². The molecule has 0 aliphatic carbocycles. The molecule has 1 heterocycles. The first kappa shape index (κ1) is 17.4. The predicted molar refractivity (Wildman–Crippen MR) is 89.0 cm³/mol. The van der Waals surface area contributed by atoms with Gasteiger partial charge in [0.2, 0.25) is 11.8 Å². The zero-order valence-electron chi connectivity index (χ0n) is 13.9. The van der Waals surface area contributed by atoms with Crippen molar-refractivity contribution in [3.8, 4) is 0 Å². The second-order valence-electron chi connectivity index (χ2n) is 6.07. The molecule has 1 fully saturated rings. The first-order valence-corrected chi connectivity index (χ1v) is 8.00. The minimum absolute atomic E-state index is 0.0107. The van der Waals surface area contributed by atoms with Crippen LogP contribution in [0.3, 0.4) is 0 Å². The van der Waals surface area contributed by atoms with Gasteiger partial charge in [0.25, 0.3) is 0 Å². The monoisotopic (exact) mass is 319 g/mol. The van der Waals surface area contributed by atoms with Crippen LogP contribution in [0.25, 0.3) is 0 Å². The van der Waals surface area contributed by atoms with Gasteiger partial charge < -0.3 is 20.7 Å². The zero-order valence-corrected chi connectivity index (χ0v) is 13.9. The average Bonchev–Trinajstić information content (AvgIpc) is 2.54. The molecular weight excluding hydrogens is 294 g/mol. The van der Waals surface area contributed by atoms with Crippen LogP contribution in [0.2, 0.25) is 0 Å². The van der Waals surface area contributed by atoms with Crippen molar-refractivity contribution >= 4 is 17.5 Å². The molecule has 0 radical (unpaired) electrons. The van der Waals surface area contributed by atoms with Crippen LogP contribution in [0, 0.1) is 5.92 Å². The van der Waals surface area contributed by atoms with E-state index in [1.54, 1.807) is 0 Å². The maximum Gasteiger partial charge on any atom is 0.240 e. The molecule has 1 aliphatic rings. The summed E-state index contributed by atoms with van der Waals surface area (Å²) in [5.41, 5.74) is 1.74. The number of carbonyl (C=O) groups excluding carboxylic acids is 2. The van der Waals surface area contributed by atoms with Gasteiger partial charge in [-0.15, -0.1) is 0 Å². The highest BCUT2D eigenvalue weighted by Gasteiger charge is 2.27. The first-order valence-electron chi connectivity index (χ1n) is 8.00. The van der Waals surface area contributed by atoms with Gasteiger partial charge in [-0.25, -0.2) is 0 Å². The van der Waals surface area contributed by atoms with Crippen molar-refractivity contribution < 1.29 is 14.3 Å². The molecular formula is C17H25N3O3. The van der Waals surface area contributed by atoms with Crippen LogP contribution in [-0.4, -0.2) is 37.1 Å². The number of nitrogens with one attached hydrogen (secondary N) is 3. The Hall–Kier alpha value is -1.92. The predicted octanol–water partition coefficient (Wildman–Crippen LogP) is 1.27. The quantitative estimate of drug-likeness (QED) is 0.764. The lowest BCUT2D eigenvalue weighted by Gasteiger charge is -2.29. The van der Waals surface area contributed by atoms with Gasteiger partial charge in [-0.3, -0.25) is 9.59 Å². The second-order valence-corrected chi connectivity index (χ2v) is 6.07. The van der Waals surface area contributed by atoms with Gasteiger partial charge in [0.1, 0.15) is 6.04 Å². The number of carbonyl (C=O) groups is 2. The van der Waals surface area contributed by atoms with E-state index in [-0.39, 0.29) is 29.9 Å². The third-order valence-corrected chi connectivity index (χ3v) is 3.81. The molecule has 6 nitrogen and oxygen atoms in total. The maximum absolute atomic E-state index is 12.2. The molecule has 1 aliphatic heterocycles. The van der Waals surface area contributed by atoms with Crippen LogP contribution < -0.4 is 16.0 Å². The number of morpholine rings is 1. The van der Waals surface area contributed by atoms with E-state index in [0.29, 0.717) is 19.7 Å². The Labute approximate surface area is 137 Å². The molecule has 2 atom stereocenters. The summed E-state index contributed by atoms with van der Waals surface area (Å²) in [6.45, 7) is 7.36. The van der Waals surface area contributed by atoms with E-state index in [4.69, 9.17) is 4.74 Å². The number of anilines is 1. The highest BCUT2D eigenvalue weighted by molar-refractivity contribution is 5.92. The van der Waals surface area contributed by atoms with Gasteiger partial charge in [0.15, 0.2) is 0 Å². The molecule has 0 saturated carbocycles. The summed E-state index contributed by atoms with van der Waals surface area (Å²) in [5.74, 6) is -0.126. The number of amides is 2. The molecule has 0 spiro atoms. The smallest absolute Gasteiger partial charge is 0.240 e. The van der Waals surface area contributed by atoms with E-state index in [9.17, 15) is 9.59 Å². The standard InChI is InChI=1S/C17H25N3O3/c1-11(2)16(21)20-14-6-4-13(5-7-14)10-19-17(22)15-12(3)23-9-8-18-15/h4-7,11-12,15,18H,8-10H2,1-3H3,(H,19,22)(H,20,21)/t12-,15+/m1/s1. The van der Waals surface area contributed by atoms with Crippen LogP contribution in [-0.2, 0) is 20.9 Å². The molecule has 23 heavy (non-hydrogen) atoms. The van der Waals surface area contributed by atoms with Crippen LogP contribution in [0.1, 0.15) is 26.3 Å². The van der Waals surface area contributed by atoms with Crippen molar-refractivity contribution in [3.63, 3.8) is 0 Å². The number of benzene rings is 1. The van der Waals surface area contributed by atoms with Crippen LogP contribution in [0.5, 0.6) is 0 Å². The lowest BCUT2D eigenvalue weighted by atomic mass is 10.1. The highest BCUT2D eigenvalue weighted by Crippen LogP contribution is 2.11. The summed E-state index contributed by atoms with van der Waals surface area (Å²) in [5, 5.41) is 8.91. The molecule has 2 amide bonds. The molecule has 1 aromatic carbocycles. The molecule has 0 unspecified atom stereocenters. The lowest BCUT2D eigenvalue weighted by Crippen LogP contribution is -2.55. The maximum atomic E-state index is 12.2. The summed E-state index contributed by atoms with van der Waals surface area (Å²) in [6.07, 6.45) is -0.127. The second kappa shape index (κ2) is 8.08. The van der Waals surface area contributed by atoms with Gasteiger partial charge in [-0.2, -0.15) is 0 Å². The SMILES string of the molecule is CC(C)C(=O)Nc1ccc(CNC(=O)[C@H]2NCCO[C@@H]2C)cc1. The van der Waals surface area contributed by atoms with Crippen molar-refractivity contribution in [1.82, 2.24) is 10.6 Å². The summed E-state index contributed by atoms with van der Waals surface area (Å²) in [6, 6.07) is 7.15. The summed E-state index contributed by atoms with van der Waals surface area (Å²) < 4.78 is 5.47. The number of hydrogen-bond acceptors (Lipinski definition) is 4. The molecule has 1 saturated heterocycles. The van der Waals surface area contributed by atoms with Gasteiger partial charge in [-0.1, -0.05) is 26.0 Å². The molecule has 1 aromatic rings. The van der Waals surface area contributed by atoms with Crippen molar-refractivity contribution in [1.29, 1.82) is 0 Å². The van der Waals surface area contributed by atoms with Gasteiger partial charge in [0.05, 0.1) is 12.7 Å². The average molecular weight is 319 g/mol. The van der Waals surface area contributed by atoms with E-state index >= 15 is 0 Å². The molecule has 6 heteroatoms. The largest absolute Gasteiger partial charge is 0.375 e. The number of ether oxygens (including phenoxy) is 1. The fourth-order valence-corrected chi connectivity index (χ4v) is 2.32. The van der Waals surface area contributed by atoms with Crippen LogP contribution in [0.4, 0.5) is 5.69 Å². The summed E-state index contributed by atoms with van der Waals surface area (Å²) >= 11 is 0. The fraction of sp³-hybridized carbons (Fsp3) is 0.529. The van der Waals surface area contributed by atoms with Crippen LogP contribution >= 0.6 is 0 Å². The number of hydrogen-bond donors (Lipinski definition) is 3. The summed E-state index contributed by atoms with van der Waals surface area (Å²) in [7, 11) is 0. The zero-order chi connectivity index (χ0) is 16.8. The minimum atomic E-state index is -0.312. The lowest BCUT2D eigenvalue weighted by molar-refractivity contribution is -0.129. The van der Waals surface area contributed by atoms with Gasteiger partial charge >= 0.3 is 0 Å². The highest BCUT2D eigenvalue weighted by atomic mass is 16.5. The Morgan fingerprint density at radius 3 is 2.61 bits per heavy atom. The van der Waals surface area contributed by atoms with Crippen LogP contribution in [0.15, 0.2) is 24.3 Å². The Kier molecular flexibility index (Phi) is 6.12. The van der Waals surface area contributed by atoms with E-state index in [2.05, 4.69) is 16.0 Å². The molecule has 2 rings (SSSR count). The molecule has 3 N–H and O–H groups in total. The van der Waals surface area contributed by atoms with Gasteiger partial charge in [0, 0.05) is 24.7 Å². The Bertz CT molecular complexity index is 543. The molecule has 126 valence electrons. The summed E-state index contributed by atoms with van der Waals surface area (Å²) in [4.78, 5) is 23.8. The van der Waals surface area contributed by atoms with E-state index < -0.39 is 0 Å². The topological polar surface area (TPSA) is 79.5 Å². The van der Waals surface area contributed by atoms with Crippen molar-refractivity contribution in [2.45, 2.75) is 39.5 Å². The molecule has 0 bridgehead atoms. The first-order chi connectivity index (χ1) is 11.0. The number of rotatable bonds is 5. The van der Waals surface area contributed by atoms with E-state index in [0.717, 1.165) is 11.3 Å². The molecule has 0 aromatic heterocycles. The minimum Gasteiger partial charge on any atom is -0.375 e. The normalized spacial score (nSPS) is 21.0. The van der Waals surface area contributed by atoms with Crippen molar-refractivity contribution in [3.05, 3.63) is 29.8 Å². The van der Waals surface area contributed by atoms with Crippen molar-refractivity contribution in [2.24, 2.45) is 5.92 Å². The third kappa shape index (κ3) is 5.04. The Morgan fingerprint density at radius 2 is 2.00 bits per heavy atom. The van der Waals surface area contributed by atoms with E-state index in [1.165, 1.54) is 0 Å². The third-order valence-electron chi connectivity index (χ3n) is 3.81. The fourth-order valence-electron chi connectivity index (χ4n) is 2.32. The Balaban J connectivity index is 1.84. The Morgan fingerprint density at radius 1 is 1.30 bits per heavy atom.